The van der Waals surface area contributed by atoms with Crippen LogP contribution in [0.4, 0.5) is 0 Å². The lowest BCUT2D eigenvalue weighted by Crippen LogP contribution is -2.07. The molecular weight excluding hydrogens is 257 g/mol. The highest BCUT2D eigenvalue weighted by Crippen LogP contribution is 2.22. The number of carbonyl (C=O) groups is 1. The summed E-state index contributed by atoms with van der Waals surface area (Å²) >= 11 is 9.02. The van der Waals surface area contributed by atoms with E-state index in [4.69, 9.17) is 16.3 Å². The molecule has 0 N–H and O–H groups in total. The Morgan fingerprint density at radius 3 is 2.77 bits per heavy atom. The van der Waals surface area contributed by atoms with Gasteiger partial charge in [0.2, 0.25) is 0 Å². The minimum absolute atomic E-state index is 0.355. The molecule has 1 aromatic heterocycles. The van der Waals surface area contributed by atoms with Crippen molar-refractivity contribution in [1.82, 2.24) is 3.59 Å². The fourth-order valence-electron chi connectivity index (χ4n) is 0.900. The van der Waals surface area contributed by atoms with Gasteiger partial charge in [0, 0.05) is 5.69 Å². The quantitative estimate of drug-likeness (QED) is 0.771. The number of halogens is 2. The number of rotatable bonds is 2. The van der Waals surface area contributed by atoms with Gasteiger partial charge >= 0.3 is 5.97 Å². The van der Waals surface area contributed by atoms with Crippen LogP contribution >= 0.6 is 27.7 Å². The van der Waals surface area contributed by atoms with Gasteiger partial charge in [0.25, 0.3) is 0 Å². The summed E-state index contributed by atoms with van der Waals surface area (Å²) in [6.45, 7) is 3.92. The van der Waals surface area contributed by atoms with E-state index in [0.29, 0.717) is 17.3 Å². The molecule has 0 unspecified atom stereocenters. The molecule has 1 heterocycles. The Labute approximate surface area is 90.0 Å². The van der Waals surface area contributed by atoms with Gasteiger partial charge in [-0.2, -0.15) is 0 Å². The molecule has 0 saturated heterocycles. The van der Waals surface area contributed by atoms with Gasteiger partial charge in [-0.25, -0.2) is 4.79 Å². The van der Waals surface area contributed by atoms with Crippen molar-refractivity contribution in [2.24, 2.45) is 0 Å². The molecule has 0 amide bonds. The second-order valence-corrected chi connectivity index (χ2v) is 3.58. The van der Waals surface area contributed by atoms with Crippen molar-refractivity contribution in [3.05, 3.63) is 22.5 Å². The van der Waals surface area contributed by atoms with Crippen LogP contribution in [0, 0.1) is 6.92 Å². The lowest BCUT2D eigenvalue weighted by atomic mass is 10.4. The van der Waals surface area contributed by atoms with E-state index in [-0.39, 0.29) is 5.97 Å². The molecule has 5 heteroatoms. The van der Waals surface area contributed by atoms with Crippen LogP contribution in [0.1, 0.15) is 23.1 Å². The van der Waals surface area contributed by atoms with Gasteiger partial charge in [-0.1, -0.05) is 11.6 Å². The van der Waals surface area contributed by atoms with Crippen molar-refractivity contribution in [2.45, 2.75) is 13.8 Å². The molecule has 0 fully saturated rings. The second kappa shape index (κ2) is 4.15. The van der Waals surface area contributed by atoms with E-state index >= 15 is 0 Å². The highest BCUT2D eigenvalue weighted by atomic mass is 79.9. The molecular formula is C8H9BrClNO2. The van der Waals surface area contributed by atoms with Crippen LogP contribution in [0.2, 0.25) is 5.02 Å². The first-order valence-electron chi connectivity index (χ1n) is 3.79. The van der Waals surface area contributed by atoms with Gasteiger partial charge in [0.15, 0.2) is 0 Å². The molecule has 0 spiro atoms. The van der Waals surface area contributed by atoms with Crippen LogP contribution in [0.3, 0.4) is 0 Å². The molecule has 0 aliphatic heterocycles. The standard InChI is InChI=1S/C8H9BrClNO2/c1-3-13-8(12)7-4-6(10)5(2)11(7)9/h4H,3H2,1-2H3. The Bertz CT molecular complexity index is 335. The van der Waals surface area contributed by atoms with Crippen molar-refractivity contribution in [3.8, 4) is 0 Å². The summed E-state index contributed by atoms with van der Waals surface area (Å²) in [5.74, 6) is -0.380. The van der Waals surface area contributed by atoms with Crippen molar-refractivity contribution < 1.29 is 9.53 Å². The maximum Gasteiger partial charge on any atom is 0.355 e. The van der Waals surface area contributed by atoms with Crippen LogP contribution < -0.4 is 0 Å². The summed E-state index contributed by atoms with van der Waals surface area (Å²) in [6.07, 6.45) is 0. The first kappa shape index (κ1) is 10.6. The lowest BCUT2D eigenvalue weighted by molar-refractivity contribution is 0.0519. The smallest absolute Gasteiger partial charge is 0.355 e. The average molecular weight is 267 g/mol. The molecule has 3 nitrogen and oxygen atoms in total. The Hall–Kier alpha value is -0.480. The van der Waals surface area contributed by atoms with E-state index in [1.165, 1.54) is 3.59 Å². The van der Waals surface area contributed by atoms with Crippen LogP contribution in [0.15, 0.2) is 6.07 Å². The molecule has 13 heavy (non-hydrogen) atoms. The van der Waals surface area contributed by atoms with Crippen molar-refractivity contribution in [1.29, 1.82) is 0 Å². The van der Waals surface area contributed by atoms with Crippen LogP contribution in [0.25, 0.3) is 0 Å². The Morgan fingerprint density at radius 2 is 2.38 bits per heavy atom. The van der Waals surface area contributed by atoms with Gasteiger partial charge in [0.1, 0.15) is 5.69 Å². The van der Waals surface area contributed by atoms with E-state index in [2.05, 4.69) is 16.1 Å². The fraction of sp³-hybridized carbons (Fsp3) is 0.375. The zero-order valence-corrected chi connectivity index (χ0v) is 9.65. The highest BCUT2D eigenvalue weighted by molar-refractivity contribution is 9.08. The number of nitrogens with zero attached hydrogens (tertiary/aromatic N) is 1. The normalized spacial score (nSPS) is 10.2. The fourth-order valence-corrected chi connectivity index (χ4v) is 1.63. The average Bonchev–Trinajstić information content (AvgIpc) is 2.33. The number of esters is 1. The third-order valence-corrected chi connectivity index (χ3v) is 2.90. The van der Waals surface area contributed by atoms with Crippen LogP contribution in [-0.4, -0.2) is 16.2 Å². The van der Waals surface area contributed by atoms with Gasteiger partial charge in [-0.15, -0.1) is 0 Å². The first-order valence-corrected chi connectivity index (χ1v) is 4.87. The monoisotopic (exact) mass is 265 g/mol. The van der Waals surface area contributed by atoms with Crippen molar-refractivity contribution in [3.63, 3.8) is 0 Å². The second-order valence-electron chi connectivity index (χ2n) is 2.46. The number of hydrogen-bond donors (Lipinski definition) is 0. The summed E-state index contributed by atoms with van der Waals surface area (Å²) in [4.78, 5) is 11.3. The van der Waals surface area contributed by atoms with E-state index in [1.54, 1.807) is 19.9 Å². The molecule has 0 aliphatic carbocycles. The highest BCUT2D eigenvalue weighted by Gasteiger charge is 2.15. The van der Waals surface area contributed by atoms with Crippen LogP contribution in [-0.2, 0) is 4.74 Å². The van der Waals surface area contributed by atoms with E-state index in [9.17, 15) is 4.79 Å². The third-order valence-electron chi connectivity index (χ3n) is 1.60. The minimum Gasteiger partial charge on any atom is -0.461 e. The summed E-state index contributed by atoms with van der Waals surface area (Å²) in [7, 11) is 0. The molecule has 0 aliphatic rings. The SMILES string of the molecule is CCOC(=O)c1cc(Cl)c(C)n1Br. The van der Waals surface area contributed by atoms with Gasteiger partial charge in [0.05, 0.1) is 27.8 Å². The minimum atomic E-state index is -0.380. The van der Waals surface area contributed by atoms with Gasteiger partial charge < -0.3 is 4.74 Å². The summed E-state index contributed by atoms with van der Waals surface area (Å²) in [6, 6.07) is 1.57. The Morgan fingerprint density at radius 1 is 1.77 bits per heavy atom. The van der Waals surface area contributed by atoms with E-state index < -0.39 is 0 Å². The zero-order chi connectivity index (χ0) is 10.0. The maximum absolute atomic E-state index is 11.3. The number of ether oxygens (including phenoxy) is 1. The molecule has 0 saturated carbocycles. The number of carbonyl (C=O) groups excluding carboxylic acids is 1. The Kier molecular flexibility index (Phi) is 3.39. The molecule has 0 radical (unpaired) electrons. The zero-order valence-electron chi connectivity index (χ0n) is 7.30. The topological polar surface area (TPSA) is 31.2 Å². The Balaban J connectivity index is 3.01. The summed E-state index contributed by atoms with van der Waals surface area (Å²) in [5, 5.41) is 0.542. The maximum atomic E-state index is 11.3. The first-order chi connectivity index (χ1) is 6.07. The predicted molar refractivity (Wildman–Crippen MR) is 54.5 cm³/mol. The third kappa shape index (κ3) is 2.06. The number of aromatic nitrogens is 1. The molecule has 0 aromatic carbocycles. The summed E-state index contributed by atoms with van der Waals surface area (Å²) in [5.41, 5.74) is 1.19. The molecule has 0 atom stereocenters. The predicted octanol–water partition coefficient (Wildman–Crippen LogP) is 2.78. The van der Waals surface area contributed by atoms with Crippen molar-refractivity contribution >= 4 is 33.7 Å². The molecule has 1 aromatic rings. The molecule has 1 rings (SSSR count). The number of hydrogen-bond acceptors (Lipinski definition) is 2. The van der Waals surface area contributed by atoms with Gasteiger partial charge in [-0.05, 0) is 19.9 Å². The van der Waals surface area contributed by atoms with Crippen molar-refractivity contribution in [2.75, 3.05) is 6.61 Å². The molecule has 0 bridgehead atoms. The molecule has 72 valence electrons. The largest absolute Gasteiger partial charge is 0.461 e. The lowest BCUT2D eigenvalue weighted by Gasteiger charge is -2.01. The summed E-state index contributed by atoms with van der Waals surface area (Å²) < 4.78 is 6.36. The van der Waals surface area contributed by atoms with E-state index in [1.807, 2.05) is 0 Å². The van der Waals surface area contributed by atoms with Crippen LogP contribution in [0.5, 0.6) is 0 Å². The van der Waals surface area contributed by atoms with E-state index in [0.717, 1.165) is 5.69 Å². The van der Waals surface area contributed by atoms with Gasteiger partial charge in [-0.3, -0.25) is 3.59 Å².